The summed E-state index contributed by atoms with van der Waals surface area (Å²) in [6.07, 6.45) is 0.850. The maximum Gasteiger partial charge on any atom is 0.261 e. The molecule has 2 aromatic rings. The average molecular weight is 360 g/mol. The second-order valence-corrected chi connectivity index (χ2v) is 8.57. The van der Waals surface area contributed by atoms with Gasteiger partial charge in [0.05, 0.1) is 10.6 Å². The van der Waals surface area contributed by atoms with Gasteiger partial charge in [0, 0.05) is 11.1 Å². The van der Waals surface area contributed by atoms with E-state index in [9.17, 15) is 13.2 Å². The molecule has 0 heterocycles. The number of nitrogens with one attached hydrogen (secondary N) is 2. The van der Waals surface area contributed by atoms with Gasteiger partial charge in [-0.15, -0.1) is 0 Å². The topological polar surface area (TPSA) is 75.3 Å². The fourth-order valence-corrected chi connectivity index (χ4v) is 3.15. The molecular weight excluding hydrogens is 336 g/mol. The van der Waals surface area contributed by atoms with Gasteiger partial charge in [0.25, 0.3) is 10.0 Å². The van der Waals surface area contributed by atoms with Crippen LogP contribution in [0.15, 0.2) is 53.4 Å². The summed E-state index contributed by atoms with van der Waals surface area (Å²) in [6, 6.07) is 13.4. The molecule has 0 aliphatic heterocycles. The number of sulfonamides is 1. The third-order valence-electron chi connectivity index (χ3n) is 3.70. The molecule has 25 heavy (non-hydrogen) atoms. The highest BCUT2D eigenvalue weighted by atomic mass is 32.2. The Balaban J connectivity index is 2.19. The van der Waals surface area contributed by atoms with Crippen molar-refractivity contribution in [2.75, 3.05) is 10.0 Å². The predicted octanol–water partition coefficient (Wildman–Crippen LogP) is 4.03. The van der Waals surface area contributed by atoms with Crippen LogP contribution in [0.5, 0.6) is 0 Å². The van der Waals surface area contributed by atoms with Gasteiger partial charge in [-0.3, -0.25) is 9.52 Å². The first kappa shape index (κ1) is 19.0. The van der Waals surface area contributed by atoms with Crippen LogP contribution in [0.2, 0.25) is 0 Å². The van der Waals surface area contributed by atoms with Crippen molar-refractivity contribution < 1.29 is 13.2 Å². The third kappa shape index (κ3) is 5.06. The molecule has 0 radical (unpaired) electrons. The third-order valence-corrected chi connectivity index (χ3v) is 5.09. The molecule has 0 bridgehead atoms. The Bertz CT molecular complexity index is 851. The maximum absolute atomic E-state index is 12.5. The summed E-state index contributed by atoms with van der Waals surface area (Å²) in [5.74, 6) is -0.136. The highest BCUT2D eigenvalue weighted by molar-refractivity contribution is 7.92. The molecule has 134 valence electrons. The highest BCUT2D eigenvalue weighted by Gasteiger charge is 2.21. The standard InChI is InChI=1S/C19H24N2O3S/c1-5-14-9-11-17(12-10-14)25(23,24)21-16-8-6-7-15(13-16)20-18(22)19(2,3)4/h6-13,21H,5H2,1-4H3,(H,20,22). The number of benzene rings is 2. The van der Waals surface area contributed by atoms with Crippen molar-refractivity contribution in [2.45, 2.75) is 39.0 Å². The van der Waals surface area contributed by atoms with Crippen LogP contribution < -0.4 is 10.0 Å². The molecule has 2 rings (SSSR count). The van der Waals surface area contributed by atoms with Crippen LogP contribution in [0, 0.1) is 5.41 Å². The molecule has 0 aromatic heterocycles. The first-order valence-corrected chi connectivity index (χ1v) is 9.63. The van der Waals surface area contributed by atoms with E-state index in [1.54, 1.807) is 48.5 Å². The second-order valence-electron chi connectivity index (χ2n) is 6.89. The molecule has 0 unspecified atom stereocenters. The minimum atomic E-state index is -3.67. The summed E-state index contributed by atoms with van der Waals surface area (Å²) in [6.45, 7) is 7.46. The van der Waals surface area contributed by atoms with E-state index < -0.39 is 15.4 Å². The number of aryl methyl sites for hydroxylation is 1. The molecule has 2 N–H and O–H groups in total. The van der Waals surface area contributed by atoms with Crippen LogP contribution >= 0.6 is 0 Å². The van der Waals surface area contributed by atoms with Crippen LogP contribution in [0.25, 0.3) is 0 Å². The van der Waals surface area contributed by atoms with E-state index in [0.717, 1.165) is 12.0 Å². The van der Waals surface area contributed by atoms with Crippen LogP contribution in [0.1, 0.15) is 33.3 Å². The van der Waals surface area contributed by atoms with E-state index in [0.29, 0.717) is 11.4 Å². The lowest BCUT2D eigenvalue weighted by Crippen LogP contribution is -2.27. The molecule has 6 heteroatoms. The Labute approximate surface area is 149 Å². The molecule has 0 atom stereocenters. The van der Waals surface area contributed by atoms with Gasteiger partial charge in [0.2, 0.25) is 5.91 Å². The van der Waals surface area contributed by atoms with Gasteiger partial charge in [-0.1, -0.05) is 45.9 Å². The van der Waals surface area contributed by atoms with Crippen molar-refractivity contribution in [1.29, 1.82) is 0 Å². The van der Waals surface area contributed by atoms with E-state index in [1.807, 2.05) is 27.7 Å². The second kappa shape index (κ2) is 7.27. The molecule has 0 aliphatic carbocycles. The largest absolute Gasteiger partial charge is 0.326 e. The molecule has 0 saturated heterocycles. The Morgan fingerprint density at radius 2 is 1.60 bits per heavy atom. The van der Waals surface area contributed by atoms with Gasteiger partial charge in [-0.2, -0.15) is 0 Å². The first-order chi connectivity index (χ1) is 11.6. The lowest BCUT2D eigenvalue weighted by Gasteiger charge is -2.18. The van der Waals surface area contributed by atoms with Crippen LogP contribution in [-0.2, 0) is 21.2 Å². The number of anilines is 2. The lowest BCUT2D eigenvalue weighted by molar-refractivity contribution is -0.123. The maximum atomic E-state index is 12.5. The molecule has 0 spiro atoms. The number of carbonyl (C=O) groups excluding carboxylic acids is 1. The molecule has 0 aliphatic rings. The zero-order chi connectivity index (χ0) is 18.7. The van der Waals surface area contributed by atoms with Crippen LogP contribution in [0.4, 0.5) is 11.4 Å². The van der Waals surface area contributed by atoms with E-state index in [2.05, 4.69) is 10.0 Å². The predicted molar refractivity (Wildman–Crippen MR) is 101 cm³/mol. The smallest absolute Gasteiger partial charge is 0.261 e. The van der Waals surface area contributed by atoms with E-state index >= 15 is 0 Å². The first-order valence-electron chi connectivity index (χ1n) is 8.15. The summed E-state index contributed by atoms with van der Waals surface area (Å²) in [4.78, 5) is 12.3. The summed E-state index contributed by atoms with van der Waals surface area (Å²) in [7, 11) is -3.67. The van der Waals surface area contributed by atoms with E-state index in [1.165, 1.54) is 0 Å². The van der Waals surface area contributed by atoms with Gasteiger partial charge < -0.3 is 5.32 Å². The monoisotopic (exact) mass is 360 g/mol. The number of hydrogen-bond acceptors (Lipinski definition) is 3. The molecule has 0 fully saturated rings. The van der Waals surface area contributed by atoms with E-state index in [4.69, 9.17) is 0 Å². The quantitative estimate of drug-likeness (QED) is 0.845. The summed E-state index contributed by atoms with van der Waals surface area (Å²) >= 11 is 0. The van der Waals surface area contributed by atoms with Crippen molar-refractivity contribution in [1.82, 2.24) is 0 Å². The number of hydrogen-bond donors (Lipinski definition) is 2. The number of carbonyl (C=O) groups is 1. The zero-order valence-corrected chi connectivity index (χ0v) is 15.8. The van der Waals surface area contributed by atoms with Gasteiger partial charge in [0.1, 0.15) is 0 Å². The fourth-order valence-electron chi connectivity index (χ4n) is 2.10. The Morgan fingerprint density at radius 1 is 1.00 bits per heavy atom. The Morgan fingerprint density at radius 3 is 2.16 bits per heavy atom. The lowest BCUT2D eigenvalue weighted by atomic mass is 9.95. The SMILES string of the molecule is CCc1ccc(S(=O)(=O)Nc2cccc(NC(=O)C(C)(C)C)c2)cc1. The van der Waals surface area contributed by atoms with Crippen molar-refractivity contribution >= 4 is 27.3 Å². The summed E-state index contributed by atoms with van der Waals surface area (Å²) in [5.41, 5.74) is 1.48. The van der Waals surface area contributed by atoms with Crippen molar-refractivity contribution in [3.05, 3.63) is 54.1 Å². The number of amides is 1. The van der Waals surface area contributed by atoms with Gasteiger partial charge in [0.15, 0.2) is 0 Å². The average Bonchev–Trinajstić information content (AvgIpc) is 2.54. The summed E-state index contributed by atoms with van der Waals surface area (Å²) in [5, 5.41) is 2.79. The minimum absolute atomic E-state index is 0.136. The van der Waals surface area contributed by atoms with Gasteiger partial charge >= 0.3 is 0 Å². The zero-order valence-electron chi connectivity index (χ0n) is 15.0. The molecule has 0 saturated carbocycles. The molecular formula is C19H24N2O3S. The Hall–Kier alpha value is -2.34. The van der Waals surface area contributed by atoms with Gasteiger partial charge in [-0.05, 0) is 42.3 Å². The van der Waals surface area contributed by atoms with Crippen LogP contribution in [0.3, 0.4) is 0 Å². The molecule has 2 aromatic carbocycles. The number of rotatable bonds is 5. The Kier molecular flexibility index (Phi) is 5.52. The highest BCUT2D eigenvalue weighted by Crippen LogP contribution is 2.22. The fraction of sp³-hybridized carbons (Fsp3) is 0.316. The van der Waals surface area contributed by atoms with Crippen molar-refractivity contribution in [2.24, 2.45) is 5.41 Å². The van der Waals surface area contributed by atoms with E-state index in [-0.39, 0.29) is 10.8 Å². The summed E-state index contributed by atoms with van der Waals surface area (Å²) < 4.78 is 27.5. The van der Waals surface area contributed by atoms with Crippen LogP contribution in [-0.4, -0.2) is 14.3 Å². The minimum Gasteiger partial charge on any atom is -0.326 e. The van der Waals surface area contributed by atoms with Crippen molar-refractivity contribution in [3.8, 4) is 0 Å². The van der Waals surface area contributed by atoms with Crippen molar-refractivity contribution in [3.63, 3.8) is 0 Å². The molecule has 5 nitrogen and oxygen atoms in total. The molecule has 1 amide bonds. The van der Waals surface area contributed by atoms with Gasteiger partial charge in [-0.25, -0.2) is 8.42 Å². The normalized spacial score (nSPS) is 11.8.